The molecule has 0 bridgehead atoms. The number of benzene rings is 1. The molecule has 1 atom stereocenters. The van der Waals surface area contributed by atoms with E-state index >= 15 is 0 Å². The monoisotopic (exact) mass is 424 g/mol. The van der Waals surface area contributed by atoms with E-state index in [2.05, 4.69) is 36.7 Å². The molecule has 1 unspecified atom stereocenters. The molecule has 1 aliphatic heterocycles. The van der Waals surface area contributed by atoms with Crippen LogP contribution in [-0.2, 0) is 9.53 Å². The predicted molar refractivity (Wildman–Crippen MR) is 115 cm³/mol. The molecule has 2 aromatic heterocycles. The molecule has 8 nitrogen and oxygen atoms in total. The van der Waals surface area contributed by atoms with E-state index < -0.39 is 0 Å². The van der Waals surface area contributed by atoms with Crippen LogP contribution in [0.2, 0.25) is 0 Å². The van der Waals surface area contributed by atoms with Crippen molar-refractivity contribution in [2.75, 3.05) is 31.6 Å². The number of carbonyl (C=O) groups excluding carboxylic acids is 1. The Hall–Kier alpha value is -3.17. The van der Waals surface area contributed by atoms with Gasteiger partial charge in [0, 0.05) is 31.8 Å². The van der Waals surface area contributed by atoms with Gasteiger partial charge in [0.1, 0.15) is 5.82 Å². The fraction of sp³-hybridized carbons (Fsp3) is 0.364. The fourth-order valence-electron chi connectivity index (χ4n) is 3.87. The van der Waals surface area contributed by atoms with Gasteiger partial charge in [-0.15, -0.1) is 0 Å². The summed E-state index contributed by atoms with van der Waals surface area (Å²) in [6, 6.07) is 8.03. The van der Waals surface area contributed by atoms with Crippen LogP contribution in [0.15, 0.2) is 42.9 Å². The molecule has 9 heteroatoms. The molecule has 1 aliphatic rings. The zero-order valence-corrected chi connectivity index (χ0v) is 17.6. The molecule has 0 spiro atoms. The Balaban J connectivity index is 1.84. The molecule has 162 valence electrons. The van der Waals surface area contributed by atoms with Gasteiger partial charge in [-0.05, 0) is 36.8 Å². The molecule has 1 aromatic carbocycles. The zero-order valence-electron chi connectivity index (χ0n) is 17.6. The van der Waals surface area contributed by atoms with E-state index in [9.17, 15) is 9.18 Å². The van der Waals surface area contributed by atoms with Gasteiger partial charge in [-0.3, -0.25) is 15.0 Å². The second-order valence-electron chi connectivity index (χ2n) is 7.34. The maximum absolute atomic E-state index is 13.5. The average Bonchev–Trinajstić information content (AvgIpc) is 3.20. The summed E-state index contributed by atoms with van der Waals surface area (Å²) in [4.78, 5) is 27.2. The third kappa shape index (κ3) is 4.62. The van der Waals surface area contributed by atoms with Gasteiger partial charge in [-0.2, -0.15) is 0 Å². The maximum atomic E-state index is 13.5. The molecule has 1 amide bonds. The first kappa shape index (κ1) is 21.1. The Bertz CT molecular complexity index is 1050. The number of carbonyl (C=O) groups is 1. The van der Waals surface area contributed by atoms with Gasteiger partial charge < -0.3 is 9.30 Å². The number of ether oxygens (including phenoxy) is 1. The minimum atomic E-state index is -0.306. The number of hydrogen-bond donors (Lipinski definition) is 1. The number of nitrogens with zero attached hydrogens (tertiary/aromatic N) is 5. The predicted octanol–water partition coefficient (Wildman–Crippen LogP) is 3.35. The van der Waals surface area contributed by atoms with Crippen LogP contribution in [0.1, 0.15) is 26.4 Å². The Morgan fingerprint density at radius 1 is 1.19 bits per heavy atom. The van der Waals surface area contributed by atoms with Crippen LogP contribution in [0.4, 0.5) is 10.3 Å². The molecule has 1 N–H and O–H groups in total. The highest BCUT2D eigenvalue weighted by molar-refractivity contribution is 5.87. The van der Waals surface area contributed by atoms with Crippen LogP contribution >= 0.6 is 0 Å². The van der Waals surface area contributed by atoms with E-state index in [0.29, 0.717) is 24.6 Å². The van der Waals surface area contributed by atoms with Gasteiger partial charge in [-0.25, -0.2) is 19.3 Å². The van der Waals surface area contributed by atoms with Crippen molar-refractivity contribution in [3.63, 3.8) is 0 Å². The average molecular weight is 424 g/mol. The number of anilines is 1. The third-order valence-corrected chi connectivity index (χ3v) is 5.25. The summed E-state index contributed by atoms with van der Waals surface area (Å²) < 4.78 is 21.1. The van der Waals surface area contributed by atoms with E-state index in [4.69, 9.17) is 4.74 Å². The number of nitrogens with one attached hydrogen (secondary N) is 1. The molecule has 3 aromatic rings. The van der Waals surface area contributed by atoms with Crippen LogP contribution in [0.5, 0.6) is 0 Å². The lowest BCUT2D eigenvalue weighted by Crippen LogP contribution is -2.41. The van der Waals surface area contributed by atoms with Gasteiger partial charge in [0.15, 0.2) is 0 Å². The number of morpholine rings is 1. The van der Waals surface area contributed by atoms with E-state index in [0.717, 1.165) is 30.8 Å². The van der Waals surface area contributed by atoms with Gasteiger partial charge in [0.2, 0.25) is 11.9 Å². The SMILES string of the molecule is CCC(N1CCOCC1)n1cnc(-c2ccc(F)cc2)c1-c1ccnc(NC(C)=O)n1. The van der Waals surface area contributed by atoms with Gasteiger partial charge in [0.05, 0.1) is 42.8 Å². The highest BCUT2D eigenvalue weighted by Crippen LogP contribution is 2.34. The van der Waals surface area contributed by atoms with E-state index in [1.54, 1.807) is 30.7 Å². The number of rotatable bonds is 6. The van der Waals surface area contributed by atoms with E-state index in [-0.39, 0.29) is 23.8 Å². The molecule has 1 saturated heterocycles. The summed E-state index contributed by atoms with van der Waals surface area (Å²) in [7, 11) is 0. The normalized spacial score (nSPS) is 15.6. The van der Waals surface area contributed by atoms with Crippen molar-refractivity contribution >= 4 is 11.9 Å². The number of halogens is 1. The van der Waals surface area contributed by atoms with Crippen molar-refractivity contribution in [3.05, 3.63) is 48.7 Å². The summed E-state index contributed by atoms with van der Waals surface area (Å²) in [6.07, 6.45) is 4.32. The second kappa shape index (κ2) is 9.32. The molecule has 3 heterocycles. The smallest absolute Gasteiger partial charge is 0.229 e. The number of imidazole rings is 1. The summed E-state index contributed by atoms with van der Waals surface area (Å²) >= 11 is 0. The highest BCUT2D eigenvalue weighted by Gasteiger charge is 2.26. The van der Waals surface area contributed by atoms with Crippen LogP contribution in [0, 0.1) is 5.82 Å². The van der Waals surface area contributed by atoms with Crippen LogP contribution in [0.25, 0.3) is 22.6 Å². The summed E-state index contributed by atoms with van der Waals surface area (Å²) in [6.45, 7) is 6.56. The molecule has 31 heavy (non-hydrogen) atoms. The van der Waals surface area contributed by atoms with Crippen molar-refractivity contribution in [1.82, 2.24) is 24.4 Å². The Morgan fingerprint density at radius 2 is 1.94 bits per heavy atom. The minimum absolute atomic E-state index is 0.0554. The Labute approximate surface area is 180 Å². The number of hydrogen-bond acceptors (Lipinski definition) is 6. The molecular formula is C22H25FN6O2. The van der Waals surface area contributed by atoms with Crippen molar-refractivity contribution < 1.29 is 13.9 Å². The molecule has 0 saturated carbocycles. The lowest BCUT2D eigenvalue weighted by molar-refractivity contribution is -0.114. The summed E-state index contributed by atoms with van der Waals surface area (Å²) in [5, 5.41) is 2.63. The number of amides is 1. The maximum Gasteiger partial charge on any atom is 0.229 e. The molecule has 4 rings (SSSR count). The standard InChI is InChI=1S/C22H25FN6O2/c1-3-19(28-10-12-31-13-11-28)29-14-25-20(16-4-6-17(23)7-5-16)21(29)18-8-9-24-22(27-18)26-15(2)30/h4-9,14,19H,3,10-13H2,1-2H3,(H,24,26,27,30). The number of aromatic nitrogens is 4. The van der Waals surface area contributed by atoms with Gasteiger partial charge in [-0.1, -0.05) is 6.92 Å². The van der Waals surface area contributed by atoms with Crippen molar-refractivity contribution in [2.45, 2.75) is 26.4 Å². The van der Waals surface area contributed by atoms with Gasteiger partial charge in [0.25, 0.3) is 0 Å². The van der Waals surface area contributed by atoms with Crippen LogP contribution in [0.3, 0.4) is 0 Å². The Morgan fingerprint density at radius 3 is 2.61 bits per heavy atom. The van der Waals surface area contributed by atoms with Crippen LogP contribution in [-0.4, -0.2) is 56.6 Å². The summed E-state index contributed by atoms with van der Waals surface area (Å²) in [5.41, 5.74) is 2.90. The van der Waals surface area contributed by atoms with Crippen LogP contribution < -0.4 is 5.32 Å². The highest BCUT2D eigenvalue weighted by atomic mass is 19.1. The van der Waals surface area contributed by atoms with Gasteiger partial charge >= 0.3 is 0 Å². The summed E-state index contributed by atoms with van der Waals surface area (Å²) in [5.74, 6) is -0.328. The quantitative estimate of drug-likeness (QED) is 0.653. The van der Waals surface area contributed by atoms with Crippen molar-refractivity contribution in [3.8, 4) is 22.6 Å². The second-order valence-corrected chi connectivity index (χ2v) is 7.34. The van der Waals surface area contributed by atoms with E-state index in [1.807, 2.05) is 0 Å². The lowest BCUT2D eigenvalue weighted by atomic mass is 10.1. The topological polar surface area (TPSA) is 85.2 Å². The molecule has 1 fully saturated rings. The molecular weight excluding hydrogens is 399 g/mol. The third-order valence-electron chi connectivity index (χ3n) is 5.25. The first-order valence-corrected chi connectivity index (χ1v) is 10.3. The van der Waals surface area contributed by atoms with Crippen molar-refractivity contribution in [2.24, 2.45) is 0 Å². The largest absolute Gasteiger partial charge is 0.379 e. The zero-order chi connectivity index (χ0) is 21.8. The fourth-order valence-corrected chi connectivity index (χ4v) is 3.87. The first-order valence-electron chi connectivity index (χ1n) is 10.3. The van der Waals surface area contributed by atoms with E-state index in [1.165, 1.54) is 19.1 Å². The Kier molecular flexibility index (Phi) is 6.34. The minimum Gasteiger partial charge on any atom is -0.379 e. The molecule has 0 radical (unpaired) electrons. The van der Waals surface area contributed by atoms with Crippen molar-refractivity contribution in [1.29, 1.82) is 0 Å². The lowest BCUT2D eigenvalue weighted by Gasteiger charge is -2.35. The molecule has 0 aliphatic carbocycles. The first-order chi connectivity index (χ1) is 15.1.